The summed E-state index contributed by atoms with van der Waals surface area (Å²) in [7, 11) is 0. The van der Waals surface area contributed by atoms with Crippen LogP contribution in [0, 0.1) is 90.8 Å². The maximum absolute atomic E-state index is 10.6. The molecule has 4 aromatic rings. The molecule has 1 fully saturated rings. The molecule has 0 saturated heterocycles. The van der Waals surface area contributed by atoms with Gasteiger partial charge in [0.15, 0.2) is 0 Å². The fraction of sp³-hybridized carbons (Fsp3) is 0.182. The number of rotatable bonds is 4. The molecule has 48 heavy (non-hydrogen) atoms. The molecule has 1 saturated carbocycles. The highest BCUT2D eigenvalue weighted by Crippen LogP contribution is 2.77. The van der Waals surface area contributed by atoms with Crippen LogP contribution >= 0.6 is 0 Å². The van der Waals surface area contributed by atoms with E-state index in [1.807, 2.05) is 0 Å². The van der Waals surface area contributed by atoms with Crippen molar-refractivity contribution < 1.29 is 0 Å². The van der Waals surface area contributed by atoms with Crippen LogP contribution in [0.4, 0.5) is 0 Å². The predicted molar refractivity (Wildman–Crippen MR) is 188 cm³/mol. The van der Waals surface area contributed by atoms with Gasteiger partial charge in [-0.25, -0.2) is 0 Å². The lowest BCUT2D eigenvalue weighted by atomic mass is 9.56. The van der Waals surface area contributed by atoms with Crippen LogP contribution in [-0.4, -0.2) is 0 Å². The van der Waals surface area contributed by atoms with Gasteiger partial charge in [0, 0.05) is 23.2 Å². The van der Waals surface area contributed by atoms with Crippen LogP contribution in [0.3, 0.4) is 0 Å². The van der Waals surface area contributed by atoms with Gasteiger partial charge >= 0.3 is 0 Å². The fourth-order valence-corrected chi connectivity index (χ4v) is 8.53. The van der Waals surface area contributed by atoms with Crippen molar-refractivity contribution in [2.75, 3.05) is 0 Å². The summed E-state index contributed by atoms with van der Waals surface area (Å²) >= 11 is 0. The first-order valence-electron chi connectivity index (χ1n) is 16.1. The van der Waals surface area contributed by atoms with E-state index in [4.69, 9.17) is 0 Å². The molecule has 0 heterocycles. The van der Waals surface area contributed by atoms with E-state index in [1.165, 1.54) is 0 Å². The Balaban J connectivity index is 1.72. The number of nitrogens with zero attached hydrogens (tertiary/aromatic N) is 4. The number of nitriles is 4. The Labute approximate surface area is 282 Å². The zero-order chi connectivity index (χ0) is 33.7. The van der Waals surface area contributed by atoms with Crippen LogP contribution in [0.5, 0.6) is 0 Å². The molecule has 0 aromatic heterocycles. The molecule has 4 nitrogen and oxygen atoms in total. The fourth-order valence-electron chi connectivity index (χ4n) is 8.53. The van der Waals surface area contributed by atoms with E-state index >= 15 is 0 Å². The largest absolute Gasteiger partial charge is 0.192 e. The van der Waals surface area contributed by atoms with Crippen molar-refractivity contribution in [1.82, 2.24) is 0 Å². The molecule has 0 amide bonds. The van der Waals surface area contributed by atoms with Gasteiger partial charge in [-0.1, -0.05) is 125 Å². The summed E-state index contributed by atoms with van der Waals surface area (Å²) in [4.78, 5) is 0. The minimum atomic E-state index is -0.815. The maximum atomic E-state index is 10.6. The van der Waals surface area contributed by atoms with Gasteiger partial charge < -0.3 is 0 Å². The molecule has 0 N–H and O–H groups in total. The van der Waals surface area contributed by atoms with Crippen LogP contribution < -0.4 is 0 Å². The number of hydrogen-bond donors (Lipinski definition) is 0. The molecular weight excluding hydrogens is 585 g/mol. The molecular formula is C44H32N4. The lowest BCUT2D eigenvalue weighted by Gasteiger charge is -2.45. The van der Waals surface area contributed by atoms with Crippen LogP contribution in [0.15, 0.2) is 125 Å². The van der Waals surface area contributed by atoms with Crippen molar-refractivity contribution in [3.05, 3.63) is 170 Å². The van der Waals surface area contributed by atoms with E-state index in [9.17, 15) is 21.0 Å². The van der Waals surface area contributed by atoms with Crippen molar-refractivity contribution in [3.8, 4) is 24.3 Å². The summed E-state index contributed by atoms with van der Waals surface area (Å²) in [6.07, 6.45) is 2.07. The van der Waals surface area contributed by atoms with Gasteiger partial charge in [0.2, 0.25) is 0 Å². The number of benzene rings is 4. The Morgan fingerprint density at radius 1 is 0.521 bits per heavy atom. The highest BCUT2D eigenvalue weighted by atomic mass is 14.7. The van der Waals surface area contributed by atoms with Crippen LogP contribution in [0.1, 0.15) is 44.5 Å². The van der Waals surface area contributed by atoms with Crippen molar-refractivity contribution in [2.24, 2.45) is 17.8 Å². The second kappa shape index (κ2) is 11.6. The molecule has 2 bridgehead atoms. The molecule has 4 aromatic carbocycles. The third-order valence-electron chi connectivity index (χ3n) is 10.5. The monoisotopic (exact) mass is 616 g/mol. The number of aryl methyl sites for hydroxylation is 4. The third kappa shape index (κ3) is 4.32. The highest BCUT2D eigenvalue weighted by molar-refractivity contribution is 6.06. The zero-order valence-corrected chi connectivity index (χ0v) is 27.3. The van der Waals surface area contributed by atoms with Gasteiger partial charge in [-0.15, -0.1) is 0 Å². The van der Waals surface area contributed by atoms with Crippen molar-refractivity contribution in [1.29, 1.82) is 21.0 Å². The molecule has 7 rings (SSSR count). The first-order valence-corrected chi connectivity index (χ1v) is 16.1. The van der Waals surface area contributed by atoms with Gasteiger partial charge in [-0.2, -0.15) is 21.0 Å². The molecule has 4 atom stereocenters. The number of fused-ring (bicyclic) bond motifs is 5. The summed E-state index contributed by atoms with van der Waals surface area (Å²) in [6, 6.07) is 42.8. The van der Waals surface area contributed by atoms with Crippen molar-refractivity contribution in [3.63, 3.8) is 0 Å². The second-order valence-corrected chi connectivity index (χ2v) is 13.2. The molecule has 0 aliphatic heterocycles. The summed E-state index contributed by atoms with van der Waals surface area (Å²) in [5, 5.41) is 42.0. The summed E-state index contributed by atoms with van der Waals surface area (Å²) in [6.45, 7) is 8.23. The van der Waals surface area contributed by atoms with Gasteiger partial charge in [0.25, 0.3) is 0 Å². The van der Waals surface area contributed by atoms with E-state index in [0.29, 0.717) is 5.57 Å². The van der Waals surface area contributed by atoms with Crippen LogP contribution in [0.2, 0.25) is 0 Å². The van der Waals surface area contributed by atoms with E-state index in [0.717, 1.165) is 66.8 Å². The first-order chi connectivity index (χ1) is 23.3. The Morgan fingerprint density at radius 3 is 1.40 bits per heavy atom. The molecule has 3 aliphatic carbocycles. The van der Waals surface area contributed by atoms with Crippen LogP contribution in [0.25, 0.3) is 16.7 Å². The third-order valence-corrected chi connectivity index (χ3v) is 10.5. The lowest BCUT2D eigenvalue weighted by molar-refractivity contribution is 0.399. The standard InChI is InChI=1S/C44H32N4/c1-26-5-13-30(14-6-26)37-21-36(33(22-45)23-46)42-41-38(31-15-7-27(2)8-16-31)39(32-17-9-28(3)10-18-32)43(40(41)34(24-47)25-48)44(37,42)35-19-11-29(4)12-20-35/h5-21,41-43H,1-4H3. The molecule has 4 unspecified atom stereocenters. The minimum absolute atomic E-state index is 0.0566. The van der Waals surface area contributed by atoms with E-state index in [1.54, 1.807) is 0 Å². The topological polar surface area (TPSA) is 95.2 Å². The number of hydrogen-bond acceptors (Lipinski definition) is 4. The molecule has 3 aliphatic rings. The van der Waals surface area contributed by atoms with Gasteiger partial charge in [0.05, 0.1) is 0 Å². The molecule has 0 spiro atoms. The van der Waals surface area contributed by atoms with Gasteiger partial charge in [0.1, 0.15) is 35.4 Å². The Kier molecular flexibility index (Phi) is 7.33. The second-order valence-electron chi connectivity index (χ2n) is 13.2. The molecule has 4 heteroatoms. The quantitative estimate of drug-likeness (QED) is 0.213. The van der Waals surface area contributed by atoms with E-state index in [2.05, 4.69) is 155 Å². The van der Waals surface area contributed by atoms with Crippen LogP contribution in [-0.2, 0) is 5.41 Å². The Bertz CT molecular complexity index is 2250. The lowest BCUT2D eigenvalue weighted by Crippen LogP contribution is -2.40. The van der Waals surface area contributed by atoms with E-state index < -0.39 is 23.2 Å². The first kappa shape index (κ1) is 30.5. The molecule has 228 valence electrons. The maximum Gasteiger partial charge on any atom is 0.133 e. The normalized spacial score (nSPS) is 21.9. The van der Waals surface area contributed by atoms with Crippen molar-refractivity contribution in [2.45, 2.75) is 33.1 Å². The zero-order valence-electron chi connectivity index (χ0n) is 27.3. The Morgan fingerprint density at radius 2 is 0.938 bits per heavy atom. The average Bonchev–Trinajstić information content (AvgIpc) is 3.72. The SMILES string of the molecule is Cc1ccc(C2=CC(=C(C#N)C#N)C3C4C(c5ccc(C)cc5)=C(c5ccc(C)cc5)C(C4=C(C#N)C#N)C23c2ccc(C)cc2)cc1. The van der Waals surface area contributed by atoms with Gasteiger partial charge in [-0.3, -0.25) is 0 Å². The summed E-state index contributed by atoms with van der Waals surface area (Å²) < 4.78 is 0. The minimum Gasteiger partial charge on any atom is -0.192 e. The predicted octanol–water partition coefficient (Wildman–Crippen LogP) is 9.43. The van der Waals surface area contributed by atoms with E-state index in [-0.39, 0.29) is 11.1 Å². The highest BCUT2D eigenvalue weighted by Gasteiger charge is 2.70. The summed E-state index contributed by atoms with van der Waals surface area (Å²) in [5.41, 5.74) is 12.4. The van der Waals surface area contributed by atoms with Gasteiger partial charge in [-0.05, 0) is 77.8 Å². The van der Waals surface area contributed by atoms with Crippen molar-refractivity contribution >= 4 is 16.7 Å². The smallest absolute Gasteiger partial charge is 0.133 e. The molecule has 0 radical (unpaired) electrons. The average molecular weight is 617 g/mol. The number of allylic oxidation sites excluding steroid dienone is 8. The summed E-state index contributed by atoms with van der Waals surface area (Å²) in [5.74, 6) is -1.27. The Hall–Kier alpha value is -6.20.